The fourth-order valence-corrected chi connectivity index (χ4v) is 2.49. The van der Waals surface area contributed by atoms with Gasteiger partial charge in [0.1, 0.15) is 22.5 Å². The summed E-state index contributed by atoms with van der Waals surface area (Å²) < 4.78 is 5.74. The third-order valence-corrected chi connectivity index (χ3v) is 3.54. The van der Waals surface area contributed by atoms with Crippen LogP contribution in [0, 0.1) is 0 Å². The van der Waals surface area contributed by atoms with Crippen molar-refractivity contribution in [1.82, 2.24) is 9.97 Å². The summed E-state index contributed by atoms with van der Waals surface area (Å²) in [6.45, 7) is 0.211. The number of halogens is 1. The van der Waals surface area contributed by atoms with Gasteiger partial charge in [0.05, 0.1) is 0 Å². The summed E-state index contributed by atoms with van der Waals surface area (Å²) in [6.07, 6.45) is 1.14. The molecular formula is C16H12BrN3O2. The minimum Gasteiger partial charge on any atom is -0.444 e. The fraction of sp³-hybridized carbons (Fsp3) is 0.0625. The Morgan fingerprint density at radius 3 is 2.82 bits per heavy atom. The van der Waals surface area contributed by atoms with Gasteiger partial charge in [-0.2, -0.15) is 0 Å². The highest BCUT2D eigenvalue weighted by atomic mass is 79.9. The Balaban J connectivity index is 1.69. The second-order valence-corrected chi connectivity index (χ2v) is 5.31. The molecule has 5 nitrogen and oxygen atoms in total. The number of aromatic nitrogens is 2. The van der Waals surface area contributed by atoms with Gasteiger partial charge in [0.25, 0.3) is 0 Å². The van der Waals surface area contributed by atoms with E-state index in [0.717, 1.165) is 16.5 Å². The molecule has 0 spiro atoms. The second kappa shape index (κ2) is 6.53. The van der Waals surface area contributed by atoms with Crippen LogP contribution in [0.5, 0.6) is 0 Å². The van der Waals surface area contributed by atoms with E-state index in [0.29, 0.717) is 10.4 Å². The number of benzene rings is 1. The molecule has 2 aromatic heterocycles. The monoisotopic (exact) mass is 357 g/mol. The second-order valence-electron chi connectivity index (χ2n) is 4.56. The predicted molar refractivity (Wildman–Crippen MR) is 87.5 cm³/mol. The SMILES string of the molecule is O=C(Nc1cc2cccnc2c(Br)n1)OCc1ccccc1. The summed E-state index contributed by atoms with van der Waals surface area (Å²) in [5.41, 5.74) is 1.67. The van der Waals surface area contributed by atoms with Crippen molar-refractivity contribution in [3.63, 3.8) is 0 Å². The Labute approximate surface area is 135 Å². The van der Waals surface area contributed by atoms with Crippen molar-refractivity contribution < 1.29 is 9.53 Å². The van der Waals surface area contributed by atoms with Crippen molar-refractivity contribution in [2.45, 2.75) is 6.61 Å². The molecule has 1 N–H and O–H groups in total. The number of hydrogen-bond donors (Lipinski definition) is 1. The first-order chi connectivity index (χ1) is 10.7. The number of amides is 1. The van der Waals surface area contributed by atoms with E-state index < -0.39 is 6.09 Å². The molecule has 1 aromatic carbocycles. The highest BCUT2D eigenvalue weighted by molar-refractivity contribution is 9.10. The Morgan fingerprint density at radius 1 is 1.18 bits per heavy atom. The van der Waals surface area contributed by atoms with Crippen molar-refractivity contribution >= 4 is 38.7 Å². The molecule has 0 saturated carbocycles. The minimum absolute atomic E-state index is 0.211. The molecule has 0 aliphatic rings. The Hall–Kier alpha value is -2.47. The van der Waals surface area contributed by atoms with E-state index in [9.17, 15) is 4.79 Å². The summed E-state index contributed by atoms with van der Waals surface area (Å²) in [5.74, 6) is 0.408. The zero-order chi connectivity index (χ0) is 15.4. The van der Waals surface area contributed by atoms with Crippen molar-refractivity contribution in [3.05, 3.63) is 64.9 Å². The van der Waals surface area contributed by atoms with Crippen LogP contribution in [-0.2, 0) is 11.3 Å². The standard InChI is InChI=1S/C16H12BrN3O2/c17-15-14-12(7-4-8-18-14)9-13(19-15)20-16(21)22-10-11-5-2-1-3-6-11/h1-9H,10H2,(H,19,20,21). The van der Waals surface area contributed by atoms with Gasteiger partial charge in [-0.1, -0.05) is 36.4 Å². The third-order valence-electron chi connectivity index (χ3n) is 2.99. The van der Waals surface area contributed by atoms with Crippen LogP contribution in [0.2, 0.25) is 0 Å². The smallest absolute Gasteiger partial charge is 0.413 e. The fourth-order valence-electron chi connectivity index (χ4n) is 1.97. The van der Waals surface area contributed by atoms with Gasteiger partial charge in [-0.05, 0) is 33.6 Å². The van der Waals surface area contributed by atoms with Gasteiger partial charge in [-0.15, -0.1) is 0 Å². The maximum Gasteiger partial charge on any atom is 0.413 e. The van der Waals surface area contributed by atoms with Crippen LogP contribution in [0.4, 0.5) is 10.6 Å². The quantitative estimate of drug-likeness (QED) is 0.715. The highest BCUT2D eigenvalue weighted by Crippen LogP contribution is 2.22. The lowest BCUT2D eigenvalue weighted by Gasteiger charge is -2.08. The molecule has 2 heterocycles. The molecule has 1 amide bonds. The first-order valence-electron chi connectivity index (χ1n) is 6.61. The molecule has 0 atom stereocenters. The Morgan fingerprint density at radius 2 is 2.00 bits per heavy atom. The summed E-state index contributed by atoms with van der Waals surface area (Å²) in [4.78, 5) is 20.3. The number of carbonyl (C=O) groups is 1. The molecule has 22 heavy (non-hydrogen) atoms. The maximum absolute atomic E-state index is 11.8. The number of nitrogens with one attached hydrogen (secondary N) is 1. The van der Waals surface area contributed by atoms with Crippen LogP contribution in [0.3, 0.4) is 0 Å². The summed E-state index contributed by atoms with van der Waals surface area (Å²) in [5, 5.41) is 3.49. The topological polar surface area (TPSA) is 64.1 Å². The maximum atomic E-state index is 11.8. The van der Waals surface area contributed by atoms with Crippen LogP contribution in [0.25, 0.3) is 10.9 Å². The van der Waals surface area contributed by atoms with Gasteiger partial charge in [-0.25, -0.2) is 9.78 Å². The molecule has 3 aromatic rings. The van der Waals surface area contributed by atoms with E-state index in [4.69, 9.17) is 4.74 Å². The van der Waals surface area contributed by atoms with Gasteiger partial charge in [0.15, 0.2) is 0 Å². The van der Waals surface area contributed by atoms with E-state index in [-0.39, 0.29) is 6.61 Å². The van der Waals surface area contributed by atoms with Crippen LogP contribution >= 0.6 is 15.9 Å². The first-order valence-corrected chi connectivity index (χ1v) is 7.40. The van der Waals surface area contributed by atoms with E-state index in [2.05, 4.69) is 31.2 Å². The van der Waals surface area contributed by atoms with Crippen LogP contribution in [-0.4, -0.2) is 16.1 Å². The van der Waals surface area contributed by atoms with Crippen molar-refractivity contribution in [3.8, 4) is 0 Å². The Kier molecular flexibility index (Phi) is 4.29. The van der Waals surface area contributed by atoms with Crippen LogP contribution in [0.1, 0.15) is 5.56 Å². The lowest BCUT2D eigenvalue weighted by Crippen LogP contribution is -2.14. The van der Waals surface area contributed by atoms with E-state index >= 15 is 0 Å². The number of fused-ring (bicyclic) bond motifs is 1. The zero-order valence-corrected chi connectivity index (χ0v) is 13.1. The number of ether oxygens (including phenoxy) is 1. The van der Waals surface area contributed by atoms with Gasteiger partial charge in [0.2, 0.25) is 0 Å². The number of hydrogen-bond acceptors (Lipinski definition) is 4. The molecule has 0 unspecified atom stereocenters. The number of carbonyl (C=O) groups excluding carboxylic acids is 1. The molecule has 0 fully saturated rings. The molecule has 0 bridgehead atoms. The summed E-state index contributed by atoms with van der Waals surface area (Å²) in [7, 11) is 0. The lowest BCUT2D eigenvalue weighted by molar-refractivity contribution is 0.155. The molecule has 0 aliphatic carbocycles. The normalized spacial score (nSPS) is 10.4. The first kappa shape index (κ1) is 14.5. The molecule has 110 valence electrons. The van der Waals surface area contributed by atoms with E-state index in [1.807, 2.05) is 42.5 Å². The van der Waals surface area contributed by atoms with Gasteiger partial charge >= 0.3 is 6.09 Å². The molecular weight excluding hydrogens is 346 g/mol. The number of anilines is 1. The number of rotatable bonds is 3. The predicted octanol–water partition coefficient (Wildman–Crippen LogP) is 4.14. The zero-order valence-electron chi connectivity index (χ0n) is 11.5. The molecule has 3 rings (SSSR count). The van der Waals surface area contributed by atoms with Gasteiger partial charge in [-0.3, -0.25) is 10.3 Å². The van der Waals surface area contributed by atoms with Crippen molar-refractivity contribution in [1.29, 1.82) is 0 Å². The van der Waals surface area contributed by atoms with Crippen molar-refractivity contribution in [2.75, 3.05) is 5.32 Å². The summed E-state index contributed by atoms with van der Waals surface area (Å²) in [6, 6.07) is 15.0. The number of nitrogens with zero attached hydrogens (tertiary/aromatic N) is 2. The minimum atomic E-state index is -0.550. The van der Waals surface area contributed by atoms with Crippen LogP contribution in [0.15, 0.2) is 59.3 Å². The average molecular weight is 358 g/mol. The number of pyridine rings is 2. The Bertz CT molecular complexity index is 809. The van der Waals surface area contributed by atoms with Crippen molar-refractivity contribution in [2.24, 2.45) is 0 Å². The average Bonchev–Trinajstić information content (AvgIpc) is 2.54. The van der Waals surface area contributed by atoms with Gasteiger partial charge < -0.3 is 4.74 Å². The van der Waals surface area contributed by atoms with E-state index in [1.54, 1.807) is 12.3 Å². The summed E-state index contributed by atoms with van der Waals surface area (Å²) >= 11 is 3.35. The molecule has 6 heteroatoms. The lowest BCUT2D eigenvalue weighted by atomic mass is 10.2. The molecule has 0 saturated heterocycles. The molecule has 0 radical (unpaired) electrons. The molecule has 0 aliphatic heterocycles. The highest BCUT2D eigenvalue weighted by Gasteiger charge is 2.08. The van der Waals surface area contributed by atoms with Crippen LogP contribution < -0.4 is 5.32 Å². The third kappa shape index (κ3) is 3.40. The van der Waals surface area contributed by atoms with Gasteiger partial charge in [0, 0.05) is 11.6 Å². The largest absolute Gasteiger partial charge is 0.444 e. The van der Waals surface area contributed by atoms with E-state index in [1.165, 1.54) is 0 Å².